The number of carbonyl (C=O) groups excluding carboxylic acids is 2. The van der Waals surface area contributed by atoms with Crippen molar-refractivity contribution in [2.45, 2.75) is 56.3 Å². The van der Waals surface area contributed by atoms with Crippen LogP contribution in [-0.4, -0.2) is 93.8 Å². The van der Waals surface area contributed by atoms with Crippen molar-refractivity contribution < 1.29 is 22.7 Å². The number of hydrogen-bond acceptors (Lipinski definition) is 6. The van der Waals surface area contributed by atoms with Crippen molar-refractivity contribution in [2.24, 2.45) is 0 Å². The van der Waals surface area contributed by atoms with Gasteiger partial charge in [0.15, 0.2) is 0 Å². The molecule has 0 aromatic rings. The van der Waals surface area contributed by atoms with E-state index in [0.717, 1.165) is 25.6 Å². The van der Waals surface area contributed by atoms with E-state index < -0.39 is 10.0 Å². The molecule has 2 amide bonds. The van der Waals surface area contributed by atoms with E-state index in [0.29, 0.717) is 39.0 Å². The molecule has 0 aromatic heterocycles. The maximum atomic E-state index is 12.7. The van der Waals surface area contributed by atoms with Crippen molar-refractivity contribution in [3.05, 3.63) is 0 Å². The number of nitrogens with zero attached hydrogens (tertiary/aromatic N) is 2. The molecule has 0 unspecified atom stereocenters. The zero-order chi connectivity index (χ0) is 19.6. The third-order valence-electron chi connectivity index (χ3n) is 5.75. The van der Waals surface area contributed by atoms with Gasteiger partial charge in [0.25, 0.3) is 0 Å². The summed E-state index contributed by atoms with van der Waals surface area (Å²) in [4.78, 5) is 28.8. The highest BCUT2D eigenvalue weighted by Gasteiger charge is 2.44. The Bertz CT molecular complexity index is 670. The summed E-state index contributed by atoms with van der Waals surface area (Å²) in [6.07, 6.45) is 4.66. The van der Waals surface area contributed by atoms with Crippen LogP contribution in [-0.2, 0) is 24.3 Å². The molecule has 10 heteroatoms. The first-order chi connectivity index (χ1) is 12.8. The molecule has 27 heavy (non-hydrogen) atoms. The maximum absolute atomic E-state index is 12.7. The highest BCUT2D eigenvalue weighted by molar-refractivity contribution is 7.88. The van der Waals surface area contributed by atoms with Crippen LogP contribution in [0.2, 0.25) is 0 Å². The number of piperazine rings is 1. The largest absolute Gasteiger partial charge is 0.383 e. The van der Waals surface area contributed by atoms with Gasteiger partial charge in [0, 0.05) is 45.2 Å². The number of likely N-dealkylation sites (tertiary alicyclic amines) is 1. The minimum atomic E-state index is -3.31. The van der Waals surface area contributed by atoms with E-state index in [2.05, 4.69) is 14.9 Å². The normalized spacial score (nSPS) is 31.8. The molecule has 3 aliphatic heterocycles. The molecule has 3 saturated heterocycles. The van der Waals surface area contributed by atoms with E-state index in [1.807, 2.05) is 4.90 Å². The number of hydrogen-bond donors (Lipinski definition) is 2. The smallest absolute Gasteiger partial charge is 0.237 e. The quantitative estimate of drug-likeness (QED) is 0.559. The number of sulfonamides is 1. The molecular weight excluding hydrogens is 372 g/mol. The van der Waals surface area contributed by atoms with Gasteiger partial charge in [-0.25, -0.2) is 13.1 Å². The Hall–Kier alpha value is -1.23. The van der Waals surface area contributed by atoms with Crippen LogP contribution in [0, 0.1) is 0 Å². The predicted molar refractivity (Wildman–Crippen MR) is 99.5 cm³/mol. The maximum Gasteiger partial charge on any atom is 0.237 e. The summed E-state index contributed by atoms with van der Waals surface area (Å²) >= 11 is 0. The van der Waals surface area contributed by atoms with Gasteiger partial charge in [-0.1, -0.05) is 0 Å². The number of rotatable bonds is 7. The van der Waals surface area contributed by atoms with E-state index in [9.17, 15) is 18.0 Å². The van der Waals surface area contributed by atoms with Crippen LogP contribution in [0.4, 0.5) is 0 Å². The Morgan fingerprint density at radius 3 is 2.85 bits per heavy atom. The number of methoxy groups -OCH3 is 1. The summed E-state index contributed by atoms with van der Waals surface area (Å²) in [6, 6.07) is -0.384. The molecule has 0 saturated carbocycles. The van der Waals surface area contributed by atoms with Crippen LogP contribution in [0.15, 0.2) is 0 Å². The first kappa shape index (κ1) is 20.5. The second-order valence-corrected chi connectivity index (χ2v) is 9.59. The van der Waals surface area contributed by atoms with Crippen molar-refractivity contribution in [2.75, 3.05) is 39.6 Å². The molecule has 3 rings (SSSR count). The topological polar surface area (TPSA) is 108 Å². The second-order valence-electron chi connectivity index (χ2n) is 7.81. The lowest BCUT2D eigenvalue weighted by atomic mass is 10.0. The van der Waals surface area contributed by atoms with E-state index >= 15 is 0 Å². The van der Waals surface area contributed by atoms with Crippen LogP contribution in [0.1, 0.15) is 32.1 Å². The Labute approximate surface area is 160 Å². The number of amides is 2. The molecule has 3 aliphatic rings. The molecule has 0 spiro atoms. The van der Waals surface area contributed by atoms with Crippen molar-refractivity contribution >= 4 is 21.8 Å². The Morgan fingerprint density at radius 1 is 1.37 bits per heavy atom. The SMILES string of the molecule is COC[C@H]1CCCN1C(=O)CC[C@@H]1CNC(=O)[C@@H]2C[C@H](NS(C)(=O)=O)CN12. The summed E-state index contributed by atoms with van der Waals surface area (Å²) in [5, 5.41) is 2.91. The van der Waals surface area contributed by atoms with E-state index in [4.69, 9.17) is 4.74 Å². The van der Waals surface area contributed by atoms with Gasteiger partial charge in [0.05, 0.1) is 24.9 Å². The van der Waals surface area contributed by atoms with Crippen LogP contribution < -0.4 is 10.0 Å². The molecule has 154 valence electrons. The van der Waals surface area contributed by atoms with Crippen LogP contribution >= 0.6 is 0 Å². The highest BCUT2D eigenvalue weighted by Crippen LogP contribution is 2.27. The fourth-order valence-corrected chi connectivity index (χ4v) is 5.37. The Kier molecular flexibility index (Phi) is 6.39. The summed E-state index contributed by atoms with van der Waals surface area (Å²) in [6.45, 7) is 2.34. The Balaban J connectivity index is 1.57. The third kappa shape index (κ3) is 4.98. The van der Waals surface area contributed by atoms with Gasteiger partial charge in [0.2, 0.25) is 21.8 Å². The van der Waals surface area contributed by atoms with Gasteiger partial charge in [-0.05, 0) is 25.7 Å². The monoisotopic (exact) mass is 402 g/mol. The fourth-order valence-electron chi connectivity index (χ4n) is 4.60. The predicted octanol–water partition coefficient (Wildman–Crippen LogP) is -1.11. The zero-order valence-electron chi connectivity index (χ0n) is 16.0. The molecule has 3 fully saturated rings. The number of nitrogens with one attached hydrogen (secondary N) is 2. The van der Waals surface area contributed by atoms with Crippen molar-refractivity contribution in [3.63, 3.8) is 0 Å². The minimum Gasteiger partial charge on any atom is -0.383 e. The van der Waals surface area contributed by atoms with Gasteiger partial charge >= 0.3 is 0 Å². The van der Waals surface area contributed by atoms with Gasteiger partial charge in [-0.3, -0.25) is 14.5 Å². The average molecular weight is 403 g/mol. The molecule has 0 radical (unpaired) electrons. The molecule has 0 aromatic carbocycles. The van der Waals surface area contributed by atoms with Crippen molar-refractivity contribution in [3.8, 4) is 0 Å². The highest BCUT2D eigenvalue weighted by atomic mass is 32.2. The average Bonchev–Trinajstić information content (AvgIpc) is 3.20. The fraction of sp³-hybridized carbons (Fsp3) is 0.882. The molecule has 2 N–H and O–H groups in total. The second kappa shape index (κ2) is 8.42. The van der Waals surface area contributed by atoms with Crippen LogP contribution in [0.3, 0.4) is 0 Å². The zero-order valence-corrected chi connectivity index (χ0v) is 16.8. The van der Waals surface area contributed by atoms with Crippen LogP contribution in [0.5, 0.6) is 0 Å². The van der Waals surface area contributed by atoms with Gasteiger partial charge in [-0.2, -0.15) is 0 Å². The molecule has 3 heterocycles. The minimum absolute atomic E-state index is 0.0477. The third-order valence-corrected chi connectivity index (χ3v) is 6.51. The molecule has 9 nitrogen and oxygen atoms in total. The van der Waals surface area contributed by atoms with E-state index in [1.54, 1.807) is 7.11 Å². The summed E-state index contributed by atoms with van der Waals surface area (Å²) < 4.78 is 30.8. The molecular formula is C17H30N4O5S. The lowest BCUT2D eigenvalue weighted by Crippen LogP contribution is -2.58. The molecule has 4 atom stereocenters. The summed E-state index contributed by atoms with van der Waals surface area (Å²) in [5.74, 6) is 0.0723. The van der Waals surface area contributed by atoms with E-state index in [-0.39, 0.29) is 36.0 Å². The number of carbonyl (C=O) groups is 2. The summed E-state index contributed by atoms with van der Waals surface area (Å²) in [5.41, 5.74) is 0. The summed E-state index contributed by atoms with van der Waals surface area (Å²) in [7, 11) is -1.66. The van der Waals surface area contributed by atoms with Crippen molar-refractivity contribution in [1.82, 2.24) is 19.8 Å². The first-order valence-electron chi connectivity index (χ1n) is 9.57. The molecule has 0 bridgehead atoms. The Morgan fingerprint density at radius 2 is 2.15 bits per heavy atom. The van der Waals surface area contributed by atoms with Gasteiger partial charge in [-0.15, -0.1) is 0 Å². The first-order valence-corrected chi connectivity index (χ1v) is 11.5. The number of ether oxygens (including phenoxy) is 1. The number of fused-ring (bicyclic) bond motifs is 1. The molecule has 0 aliphatic carbocycles. The van der Waals surface area contributed by atoms with Crippen LogP contribution in [0.25, 0.3) is 0 Å². The van der Waals surface area contributed by atoms with Gasteiger partial charge in [0.1, 0.15) is 0 Å². The van der Waals surface area contributed by atoms with Crippen molar-refractivity contribution in [1.29, 1.82) is 0 Å². The van der Waals surface area contributed by atoms with Gasteiger partial charge < -0.3 is 15.0 Å². The lowest BCUT2D eigenvalue weighted by Gasteiger charge is -2.37. The van der Waals surface area contributed by atoms with E-state index in [1.165, 1.54) is 0 Å². The lowest BCUT2D eigenvalue weighted by molar-refractivity contribution is -0.133. The standard InChI is InChI=1S/C17H30N4O5S/c1-26-11-14-4-3-7-20(14)16(22)6-5-13-9-18-17(23)15-8-12(10-21(13)15)19-27(2,24)25/h12-15,19H,3-11H2,1-2H3,(H,18,23)/t12-,13+,14+,15-/m0/s1.